The molecule has 1 aliphatic heterocycles. The van der Waals surface area contributed by atoms with Gasteiger partial charge in [0.15, 0.2) is 17.5 Å². The zero-order valence-electron chi connectivity index (χ0n) is 19.0. The molecule has 1 aliphatic rings. The third kappa shape index (κ3) is 7.72. The summed E-state index contributed by atoms with van der Waals surface area (Å²) in [5.41, 5.74) is 6.48. The Morgan fingerprint density at radius 2 is 2.00 bits per heavy atom. The molecule has 1 aromatic carbocycles. The Labute approximate surface area is 211 Å². The number of guanidine groups is 1. The van der Waals surface area contributed by atoms with Crippen LogP contribution in [0.2, 0.25) is 0 Å². The Balaban J connectivity index is 0.00000385. The van der Waals surface area contributed by atoms with Gasteiger partial charge in [-0.2, -0.15) is 0 Å². The van der Waals surface area contributed by atoms with Crippen LogP contribution in [0.15, 0.2) is 47.6 Å². The van der Waals surface area contributed by atoms with Gasteiger partial charge in [0.2, 0.25) is 5.91 Å². The number of carbonyl (C=O) groups is 1. The number of amides is 1. The molecule has 8 nitrogen and oxygen atoms in total. The Kier molecular flexibility index (Phi) is 10.6. The second-order valence-corrected chi connectivity index (χ2v) is 7.82. The van der Waals surface area contributed by atoms with Gasteiger partial charge >= 0.3 is 0 Å². The fourth-order valence-electron chi connectivity index (χ4n) is 3.67. The van der Waals surface area contributed by atoms with Gasteiger partial charge in [0, 0.05) is 44.4 Å². The molecule has 1 saturated heterocycles. The number of halogens is 2. The van der Waals surface area contributed by atoms with Crippen molar-refractivity contribution >= 4 is 41.7 Å². The van der Waals surface area contributed by atoms with Crippen molar-refractivity contribution in [1.29, 1.82) is 0 Å². The fourth-order valence-corrected chi connectivity index (χ4v) is 3.67. The molecule has 0 saturated carbocycles. The van der Waals surface area contributed by atoms with E-state index in [0.29, 0.717) is 19.0 Å². The van der Waals surface area contributed by atoms with Gasteiger partial charge in [-0.15, -0.1) is 24.0 Å². The van der Waals surface area contributed by atoms with Crippen LogP contribution in [0.1, 0.15) is 25.3 Å². The molecule has 1 atom stereocenters. The highest BCUT2D eigenvalue weighted by molar-refractivity contribution is 14.0. The number of nitrogens with zero attached hydrogens (tertiary/aromatic N) is 3. The number of benzene rings is 1. The number of primary amides is 1. The number of piperidine rings is 1. The normalized spacial score (nSPS) is 15.4. The Morgan fingerprint density at radius 1 is 1.27 bits per heavy atom. The predicted octanol–water partition coefficient (Wildman–Crippen LogP) is 2.67. The SMILES string of the molecule is CN=C(NCc1cccnc1N1CCC(C(N)=O)CC1)NCC(C)Oc1ccccc1F.I. The minimum atomic E-state index is -0.383. The zero-order chi connectivity index (χ0) is 22.9. The molecule has 1 aromatic heterocycles. The van der Waals surface area contributed by atoms with Crippen molar-refractivity contribution in [2.75, 3.05) is 31.6 Å². The summed E-state index contributed by atoms with van der Waals surface area (Å²) in [7, 11) is 1.69. The third-order valence-electron chi connectivity index (χ3n) is 5.46. The van der Waals surface area contributed by atoms with Gasteiger partial charge in [0.1, 0.15) is 11.9 Å². The molecule has 10 heteroatoms. The first kappa shape index (κ1) is 26.6. The van der Waals surface area contributed by atoms with Gasteiger partial charge in [0.05, 0.1) is 6.54 Å². The van der Waals surface area contributed by atoms with E-state index < -0.39 is 0 Å². The molecule has 2 aromatic rings. The highest BCUT2D eigenvalue weighted by Gasteiger charge is 2.25. The molecular weight excluding hydrogens is 538 g/mol. The lowest BCUT2D eigenvalue weighted by atomic mass is 9.96. The number of carbonyl (C=O) groups excluding carboxylic acids is 1. The second kappa shape index (κ2) is 13.2. The minimum absolute atomic E-state index is 0. The largest absolute Gasteiger partial charge is 0.486 e. The van der Waals surface area contributed by atoms with Crippen LogP contribution in [-0.2, 0) is 11.3 Å². The third-order valence-corrected chi connectivity index (χ3v) is 5.46. The smallest absolute Gasteiger partial charge is 0.220 e. The van der Waals surface area contributed by atoms with E-state index in [9.17, 15) is 9.18 Å². The first-order valence-electron chi connectivity index (χ1n) is 10.8. The lowest BCUT2D eigenvalue weighted by Gasteiger charge is -2.32. The van der Waals surface area contributed by atoms with Crippen molar-refractivity contribution in [2.24, 2.45) is 16.6 Å². The fraction of sp³-hybridized carbons (Fsp3) is 0.435. The van der Waals surface area contributed by atoms with E-state index in [4.69, 9.17) is 10.5 Å². The molecule has 3 rings (SSSR count). The molecule has 0 bridgehead atoms. The average Bonchev–Trinajstić information content (AvgIpc) is 2.81. The molecule has 33 heavy (non-hydrogen) atoms. The van der Waals surface area contributed by atoms with Crippen LogP contribution in [0.25, 0.3) is 0 Å². The van der Waals surface area contributed by atoms with E-state index in [0.717, 1.165) is 37.3 Å². The van der Waals surface area contributed by atoms with Gasteiger partial charge in [-0.3, -0.25) is 9.79 Å². The first-order chi connectivity index (χ1) is 15.5. The predicted molar refractivity (Wildman–Crippen MR) is 138 cm³/mol. The van der Waals surface area contributed by atoms with Crippen molar-refractivity contribution in [3.05, 3.63) is 54.0 Å². The molecule has 180 valence electrons. The van der Waals surface area contributed by atoms with Crippen LogP contribution in [0.5, 0.6) is 5.75 Å². The number of nitrogens with two attached hydrogens (primary N) is 1. The van der Waals surface area contributed by atoms with E-state index in [-0.39, 0.29) is 53.5 Å². The summed E-state index contributed by atoms with van der Waals surface area (Å²) in [5, 5.41) is 6.49. The van der Waals surface area contributed by atoms with Gasteiger partial charge in [-0.05, 0) is 38.0 Å². The number of pyridine rings is 1. The van der Waals surface area contributed by atoms with Crippen molar-refractivity contribution in [2.45, 2.75) is 32.4 Å². The average molecular weight is 570 g/mol. The summed E-state index contributed by atoms with van der Waals surface area (Å²) >= 11 is 0. The molecule has 0 radical (unpaired) electrons. The monoisotopic (exact) mass is 570 g/mol. The summed E-state index contributed by atoms with van der Waals surface area (Å²) < 4.78 is 19.4. The number of aliphatic imine (C=N–C) groups is 1. The Morgan fingerprint density at radius 3 is 2.67 bits per heavy atom. The van der Waals surface area contributed by atoms with Crippen LogP contribution < -0.4 is 26.0 Å². The van der Waals surface area contributed by atoms with Crippen LogP contribution in [0, 0.1) is 11.7 Å². The number of para-hydroxylation sites is 1. The number of ether oxygens (including phenoxy) is 1. The molecule has 4 N–H and O–H groups in total. The number of hydrogen-bond donors (Lipinski definition) is 3. The van der Waals surface area contributed by atoms with Crippen LogP contribution in [-0.4, -0.2) is 49.6 Å². The Hall–Kier alpha value is -2.63. The molecule has 2 heterocycles. The topological polar surface area (TPSA) is 105 Å². The number of nitrogens with one attached hydrogen (secondary N) is 2. The molecule has 0 spiro atoms. The summed E-state index contributed by atoms with van der Waals surface area (Å²) in [5.74, 6) is 1.06. The van der Waals surface area contributed by atoms with E-state index >= 15 is 0 Å². The van der Waals surface area contributed by atoms with Gasteiger partial charge < -0.3 is 26.0 Å². The zero-order valence-corrected chi connectivity index (χ0v) is 21.3. The maximum absolute atomic E-state index is 13.8. The van der Waals surface area contributed by atoms with Crippen molar-refractivity contribution < 1.29 is 13.9 Å². The van der Waals surface area contributed by atoms with Crippen molar-refractivity contribution in [3.8, 4) is 5.75 Å². The van der Waals surface area contributed by atoms with E-state index in [1.807, 2.05) is 19.1 Å². The van der Waals surface area contributed by atoms with Crippen molar-refractivity contribution in [3.63, 3.8) is 0 Å². The summed E-state index contributed by atoms with van der Waals surface area (Å²) in [6, 6.07) is 10.3. The maximum Gasteiger partial charge on any atom is 0.220 e. The number of anilines is 1. The summed E-state index contributed by atoms with van der Waals surface area (Å²) in [4.78, 5) is 22.4. The quantitative estimate of drug-likeness (QED) is 0.256. The molecule has 1 fully saturated rings. The lowest BCUT2D eigenvalue weighted by Crippen LogP contribution is -2.42. The van der Waals surface area contributed by atoms with E-state index in [1.54, 1.807) is 31.4 Å². The standard InChI is InChI=1S/C23H31FN6O2.HI/c1-16(32-20-8-4-3-7-19(20)24)14-28-23(26-2)29-15-18-6-5-11-27-22(18)30-12-9-17(10-13-30)21(25)31;/h3-8,11,16-17H,9-10,12-15H2,1-2H3,(H2,25,31)(H2,26,28,29);1H. The van der Waals surface area contributed by atoms with Gasteiger partial charge in [0.25, 0.3) is 0 Å². The van der Waals surface area contributed by atoms with Gasteiger partial charge in [-0.25, -0.2) is 9.37 Å². The Bertz CT molecular complexity index is 937. The number of rotatable bonds is 8. The molecule has 0 aliphatic carbocycles. The summed E-state index contributed by atoms with van der Waals surface area (Å²) in [6.07, 6.45) is 2.99. The summed E-state index contributed by atoms with van der Waals surface area (Å²) in [6.45, 7) is 4.34. The van der Waals surface area contributed by atoms with E-state index in [2.05, 4.69) is 25.5 Å². The maximum atomic E-state index is 13.8. The van der Waals surface area contributed by atoms with E-state index in [1.165, 1.54) is 6.07 Å². The minimum Gasteiger partial charge on any atom is -0.486 e. The number of hydrogen-bond acceptors (Lipinski definition) is 5. The first-order valence-corrected chi connectivity index (χ1v) is 10.8. The molecule has 1 amide bonds. The van der Waals surface area contributed by atoms with Gasteiger partial charge in [-0.1, -0.05) is 18.2 Å². The highest BCUT2D eigenvalue weighted by atomic mass is 127. The number of aromatic nitrogens is 1. The van der Waals surface area contributed by atoms with Crippen molar-refractivity contribution in [1.82, 2.24) is 15.6 Å². The molecule has 1 unspecified atom stereocenters. The lowest BCUT2D eigenvalue weighted by molar-refractivity contribution is -0.122. The van der Waals surface area contributed by atoms with Crippen LogP contribution in [0.4, 0.5) is 10.2 Å². The van der Waals surface area contributed by atoms with Crippen LogP contribution in [0.3, 0.4) is 0 Å². The second-order valence-electron chi connectivity index (χ2n) is 7.82. The highest BCUT2D eigenvalue weighted by Crippen LogP contribution is 2.24. The van der Waals surface area contributed by atoms with Crippen LogP contribution >= 0.6 is 24.0 Å². The molecular formula is C23H32FIN6O2.